The fraction of sp³-hybridized carbons (Fsp3) is 0.250. The Morgan fingerprint density at radius 3 is 2.75 bits per heavy atom. The van der Waals surface area contributed by atoms with E-state index in [1.807, 2.05) is 6.07 Å². The first kappa shape index (κ1) is 15.1. The predicted molar refractivity (Wildman–Crippen MR) is 76.2 cm³/mol. The van der Waals surface area contributed by atoms with Crippen molar-refractivity contribution in [3.8, 4) is 0 Å². The van der Waals surface area contributed by atoms with Crippen molar-refractivity contribution in [3.05, 3.63) is 46.4 Å². The Balaban J connectivity index is 2.04. The largest absolute Gasteiger partial charge is 0.276 e. The molecule has 0 aliphatic heterocycles. The number of hydrogen-bond donors (Lipinski definition) is 1. The van der Waals surface area contributed by atoms with Crippen LogP contribution in [0.2, 0.25) is 0 Å². The summed E-state index contributed by atoms with van der Waals surface area (Å²) in [5.41, 5.74) is 0.799. The summed E-state index contributed by atoms with van der Waals surface area (Å²) < 4.78 is 41.4. The fourth-order valence-corrected chi connectivity index (χ4v) is 3.76. The summed E-state index contributed by atoms with van der Waals surface area (Å²) in [7, 11) is -1.87. The van der Waals surface area contributed by atoms with E-state index in [0.717, 1.165) is 17.8 Å². The van der Waals surface area contributed by atoms with Gasteiger partial charge in [0.2, 0.25) is 10.0 Å². The molecule has 0 atom stereocenters. The molecule has 0 aliphatic rings. The van der Waals surface area contributed by atoms with Gasteiger partial charge in [0, 0.05) is 30.7 Å². The van der Waals surface area contributed by atoms with Crippen molar-refractivity contribution >= 4 is 26.0 Å². The predicted octanol–water partition coefficient (Wildman–Crippen LogP) is 1.84. The number of rotatable bonds is 5. The van der Waals surface area contributed by atoms with E-state index >= 15 is 0 Å². The lowest BCUT2D eigenvalue weighted by Gasteiger charge is -2.07. The van der Waals surface area contributed by atoms with Crippen molar-refractivity contribution in [1.82, 2.24) is 14.5 Å². The highest BCUT2D eigenvalue weighted by Crippen LogP contribution is 2.22. The van der Waals surface area contributed by atoms with Crippen molar-refractivity contribution in [2.24, 2.45) is 7.05 Å². The zero-order chi connectivity index (χ0) is 14.8. The average molecular weight is 362 g/mol. The highest BCUT2D eigenvalue weighted by atomic mass is 79.9. The molecular weight excluding hydrogens is 349 g/mol. The topological polar surface area (TPSA) is 64.0 Å². The van der Waals surface area contributed by atoms with Crippen LogP contribution in [-0.2, 0) is 23.5 Å². The minimum atomic E-state index is -3.67. The molecule has 0 radical (unpaired) electrons. The SMILES string of the molecule is Cn1ccc(CCNS(=O)(=O)c2ccc(F)cc2Br)n1. The van der Waals surface area contributed by atoms with Crippen LogP contribution in [-0.4, -0.2) is 24.7 Å². The van der Waals surface area contributed by atoms with Crippen molar-refractivity contribution in [3.63, 3.8) is 0 Å². The van der Waals surface area contributed by atoms with Crippen LogP contribution in [0.1, 0.15) is 5.69 Å². The minimum Gasteiger partial charge on any atom is -0.276 e. The Labute approximate surface area is 125 Å². The summed E-state index contributed by atoms with van der Waals surface area (Å²) in [5.74, 6) is -0.496. The summed E-state index contributed by atoms with van der Waals surface area (Å²) in [5, 5.41) is 4.16. The summed E-state index contributed by atoms with van der Waals surface area (Å²) in [4.78, 5) is 0.0138. The van der Waals surface area contributed by atoms with Crippen LogP contribution in [0.5, 0.6) is 0 Å². The molecular formula is C12H13BrFN3O2S. The monoisotopic (exact) mass is 361 g/mol. The number of nitrogens with zero attached hydrogens (tertiary/aromatic N) is 2. The van der Waals surface area contributed by atoms with Gasteiger partial charge in [0.15, 0.2) is 0 Å². The lowest BCUT2D eigenvalue weighted by molar-refractivity contribution is 0.579. The third-order valence-electron chi connectivity index (χ3n) is 2.63. The molecule has 8 heteroatoms. The van der Waals surface area contributed by atoms with Crippen LogP contribution >= 0.6 is 15.9 Å². The summed E-state index contributed by atoms with van der Waals surface area (Å²) in [6.07, 6.45) is 2.28. The fourth-order valence-electron chi connectivity index (χ4n) is 1.68. The third kappa shape index (κ3) is 3.65. The molecule has 1 N–H and O–H groups in total. The second-order valence-corrected chi connectivity index (χ2v) is 6.79. The van der Waals surface area contributed by atoms with Gasteiger partial charge in [-0.15, -0.1) is 0 Å². The van der Waals surface area contributed by atoms with E-state index in [-0.39, 0.29) is 15.9 Å². The first-order valence-electron chi connectivity index (χ1n) is 5.82. The van der Waals surface area contributed by atoms with Gasteiger partial charge in [0.1, 0.15) is 5.82 Å². The standard InChI is InChI=1S/C12H13BrFN3O2S/c1-17-7-5-10(16-17)4-6-15-20(18,19)12-3-2-9(14)8-11(12)13/h2-3,5,7-8,15H,4,6H2,1H3. The van der Waals surface area contributed by atoms with Crippen molar-refractivity contribution in [2.75, 3.05) is 6.54 Å². The second-order valence-electron chi connectivity index (χ2n) is 4.20. The van der Waals surface area contributed by atoms with Gasteiger partial charge in [-0.25, -0.2) is 17.5 Å². The molecule has 2 rings (SSSR count). The van der Waals surface area contributed by atoms with E-state index in [4.69, 9.17) is 0 Å². The lowest BCUT2D eigenvalue weighted by atomic mass is 10.3. The second kappa shape index (κ2) is 6.02. The molecule has 0 spiro atoms. The first-order valence-corrected chi connectivity index (χ1v) is 8.09. The van der Waals surface area contributed by atoms with Gasteiger partial charge in [-0.1, -0.05) is 0 Å². The summed E-state index contributed by atoms with van der Waals surface area (Å²) >= 11 is 3.05. The molecule has 0 saturated heterocycles. The molecule has 0 saturated carbocycles. The van der Waals surface area contributed by atoms with Crippen LogP contribution in [0.3, 0.4) is 0 Å². The van der Waals surface area contributed by atoms with Gasteiger partial charge in [0.05, 0.1) is 10.6 Å². The van der Waals surface area contributed by atoms with Crippen LogP contribution in [0.25, 0.3) is 0 Å². The van der Waals surface area contributed by atoms with E-state index in [0.29, 0.717) is 6.42 Å². The highest BCUT2D eigenvalue weighted by molar-refractivity contribution is 9.10. The number of halogens is 2. The number of aryl methyl sites for hydroxylation is 1. The van der Waals surface area contributed by atoms with Gasteiger partial charge in [-0.3, -0.25) is 4.68 Å². The quantitative estimate of drug-likeness (QED) is 0.883. The Hall–Kier alpha value is -1.25. The molecule has 0 bridgehead atoms. The Morgan fingerprint density at radius 2 is 2.15 bits per heavy atom. The zero-order valence-corrected chi connectivity index (χ0v) is 13.1. The first-order chi connectivity index (χ1) is 9.38. The molecule has 2 aromatic rings. The number of sulfonamides is 1. The maximum absolute atomic E-state index is 13.0. The number of hydrogen-bond acceptors (Lipinski definition) is 3. The van der Waals surface area contributed by atoms with Gasteiger partial charge in [0.25, 0.3) is 0 Å². The average Bonchev–Trinajstić information content (AvgIpc) is 2.74. The molecule has 1 aromatic heterocycles. The maximum atomic E-state index is 13.0. The van der Waals surface area contributed by atoms with E-state index < -0.39 is 15.8 Å². The van der Waals surface area contributed by atoms with Crippen LogP contribution < -0.4 is 4.72 Å². The highest BCUT2D eigenvalue weighted by Gasteiger charge is 2.17. The molecule has 0 aliphatic carbocycles. The van der Waals surface area contributed by atoms with Gasteiger partial charge < -0.3 is 0 Å². The molecule has 1 aromatic carbocycles. The number of benzene rings is 1. The molecule has 5 nitrogen and oxygen atoms in total. The number of aromatic nitrogens is 2. The smallest absolute Gasteiger partial charge is 0.241 e. The zero-order valence-electron chi connectivity index (χ0n) is 10.7. The normalized spacial score (nSPS) is 11.8. The van der Waals surface area contributed by atoms with Crippen molar-refractivity contribution < 1.29 is 12.8 Å². The van der Waals surface area contributed by atoms with E-state index in [9.17, 15) is 12.8 Å². The molecule has 0 fully saturated rings. The lowest BCUT2D eigenvalue weighted by Crippen LogP contribution is -2.26. The maximum Gasteiger partial charge on any atom is 0.241 e. The minimum absolute atomic E-state index is 0.0138. The van der Waals surface area contributed by atoms with Crippen molar-refractivity contribution in [1.29, 1.82) is 0 Å². The van der Waals surface area contributed by atoms with E-state index in [1.165, 1.54) is 6.07 Å². The van der Waals surface area contributed by atoms with Gasteiger partial charge in [-0.2, -0.15) is 5.10 Å². The number of nitrogens with one attached hydrogen (secondary N) is 1. The molecule has 108 valence electrons. The van der Waals surface area contributed by atoms with Gasteiger partial charge in [-0.05, 0) is 40.2 Å². The van der Waals surface area contributed by atoms with Crippen LogP contribution in [0, 0.1) is 5.82 Å². The van der Waals surface area contributed by atoms with E-state index in [2.05, 4.69) is 25.8 Å². The Bertz CT molecular complexity index is 715. The molecule has 0 unspecified atom stereocenters. The van der Waals surface area contributed by atoms with Crippen LogP contribution in [0.15, 0.2) is 39.8 Å². The molecule has 20 heavy (non-hydrogen) atoms. The molecule has 0 amide bonds. The Morgan fingerprint density at radius 1 is 1.40 bits per heavy atom. The molecule has 1 heterocycles. The Kier molecular flexibility index (Phi) is 4.56. The van der Waals surface area contributed by atoms with E-state index in [1.54, 1.807) is 17.9 Å². The summed E-state index contributed by atoms with van der Waals surface area (Å²) in [6, 6.07) is 5.27. The van der Waals surface area contributed by atoms with Gasteiger partial charge >= 0.3 is 0 Å². The third-order valence-corrected chi connectivity index (χ3v) is 5.06. The van der Waals surface area contributed by atoms with Crippen molar-refractivity contribution in [2.45, 2.75) is 11.3 Å². The van der Waals surface area contributed by atoms with Crippen LogP contribution in [0.4, 0.5) is 4.39 Å². The summed E-state index contributed by atoms with van der Waals surface area (Å²) in [6.45, 7) is 0.225.